The molecule has 0 N–H and O–H groups in total. The zero-order valence-electron chi connectivity index (χ0n) is 15.1. The molecule has 0 aliphatic carbocycles. The minimum absolute atomic E-state index is 0.354. The molecule has 0 unspecified atom stereocenters. The number of benzene rings is 3. The van der Waals surface area contributed by atoms with Crippen LogP contribution in [-0.2, 0) is 4.74 Å². The molecule has 4 heteroatoms. The first-order chi connectivity index (χ1) is 13.1. The van der Waals surface area contributed by atoms with Crippen molar-refractivity contribution in [1.82, 2.24) is 4.57 Å². The molecular weight excluding hydrogens is 358 g/mol. The van der Waals surface area contributed by atoms with Crippen LogP contribution in [-0.4, -0.2) is 17.6 Å². The molecule has 0 aliphatic heterocycles. The Balaban J connectivity index is 2.01. The van der Waals surface area contributed by atoms with Gasteiger partial charge in [-0.15, -0.1) is 0 Å². The van der Waals surface area contributed by atoms with Gasteiger partial charge in [-0.1, -0.05) is 53.6 Å². The molecule has 0 saturated heterocycles. The van der Waals surface area contributed by atoms with Crippen LogP contribution in [0, 0.1) is 6.92 Å². The van der Waals surface area contributed by atoms with E-state index in [1.807, 2.05) is 36.4 Å². The third-order valence-corrected chi connectivity index (χ3v) is 5.03. The van der Waals surface area contributed by atoms with Crippen LogP contribution in [0.5, 0.6) is 0 Å². The summed E-state index contributed by atoms with van der Waals surface area (Å²) >= 11 is 6.46. The molecule has 0 fully saturated rings. The summed E-state index contributed by atoms with van der Waals surface area (Å²) in [5, 5.41) is 1.72. The predicted molar refractivity (Wildman–Crippen MR) is 110 cm³/mol. The lowest BCUT2D eigenvalue weighted by Crippen LogP contribution is -2.01. The monoisotopic (exact) mass is 375 g/mol. The summed E-state index contributed by atoms with van der Waals surface area (Å²) in [4.78, 5) is 12.0. The molecule has 4 aromatic rings. The molecule has 3 nitrogen and oxygen atoms in total. The Labute approximate surface area is 162 Å². The largest absolute Gasteiger partial charge is 0.465 e. The molecule has 0 aliphatic rings. The predicted octanol–water partition coefficient (Wildman–Crippen LogP) is 6.05. The summed E-state index contributed by atoms with van der Waals surface area (Å²) in [5.41, 5.74) is 5.63. The first-order valence-electron chi connectivity index (χ1n) is 8.64. The van der Waals surface area contributed by atoms with Crippen LogP contribution in [0.1, 0.15) is 15.9 Å². The Hall–Kier alpha value is -3.04. The van der Waals surface area contributed by atoms with E-state index in [2.05, 4.69) is 42.0 Å². The van der Waals surface area contributed by atoms with Gasteiger partial charge in [-0.25, -0.2) is 4.79 Å². The number of hydrogen-bond acceptors (Lipinski definition) is 2. The van der Waals surface area contributed by atoms with Gasteiger partial charge in [0.15, 0.2) is 0 Å². The van der Waals surface area contributed by atoms with E-state index in [1.165, 1.54) is 12.7 Å². The molecule has 0 amide bonds. The normalized spacial score (nSPS) is 10.9. The second-order valence-electron chi connectivity index (χ2n) is 6.45. The zero-order valence-corrected chi connectivity index (χ0v) is 15.8. The van der Waals surface area contributed by atoms with Crippen molar-refractivity contribution >= 4 is 28.5 Å². The number of aromatic nitrogens is 1. The smallest absolute Gasteiger partial charge is 0.337 e. The summed E-state index contributed by atoms with van der Waals surface area (Å²) < 4.78 is 6.97. The number of hydrogen-bond donors (Lipinski definition) is 0. The fourth-order valence-corrected chi connectivity index (χ4v) is 3.52. The third-order valence-electron chi connectivity index (χ3n) is 4.70. The summed E-state index contributed by atoms with van der Waals surface area (Å²) in [5.74, 6) is -0.354. The second kappa shape index (κ2) is 6.93. The number of halogens is 1. The number of nitrogens with zero attached hydrogens (tertiary/aromatic N) is 1. The van der Waals surface area contributed by atoms with E-state index in [1.54, 1.807) is 6.07 Å². The number of fused-ring (bicyclic) bond motifs is 1. The summed E-state index contributed by atoms with van der Waals surface area (Å²) in [6.07, 6.45) is 2.07. The molecule has 4 rings (SSSR count). The summed E-state index contributed by atoms with van der Waals surface area (Å²) in [7, 11) is 1.39. The van der Waals surface area contributed by atoms with Crippen molar-refractivity contribution in [3.8, 4) is 16.8 Å². The van der Waals surface area contributed by atoms with E-state index in [0.717, 1.165) is 27.7 Å². The van der Waals surface area contributed by atoms with Crippen molar-refractivity contribution < 1.29 is 9.53 Å². The van der Waals surface area contributed by atoms with Crippen LogP contribution < -0.4 is 0 Å². The van der Waals surface area contributed by atoms with Gasteiger partial charge in [-0.2, -0.15) is 0 Å². The van der Waals surface area contributed by atoms with Crippen LogP contribution in [0.25, 0.3) is 27.7 Å². The highest BCUT2D eigenvalue weighted by molar-refractivity contribution is 6.33. The lowest BCUT2D eigenvalue weighted by molar-refractivity contribution is 0.0601. The highest BCUT2D eigenvalue weighted by Crippen LogP contribution is 2.36. The van der Waals surface area contributed by atoms with Crippen LogP contribution in [0.4, 0.5) is 0 Å². The average Bonchev–Trinajstić information content (AvgIpc) is 3.07. The molecular formula is C23H18ClNO2. The maximum Gasteiger partial charge on any atom is 0.337 e. The van der Waals surface area contributed by atoms with Gasteiger partial charge >= 0.3 is 5.97 Å². The molecule has 0 saturated carbocycles. The maximum atomic E-state index is 12.0. The van der Waals surface area contributed by atoms with E-state index in [0.29, 0.717) is 10.6 Å². The Kier molecular flexibility index (Phi) is 4.46. The van der Waals surface area contributed by atoms with Crippen molar-refractivity contribution in [2.75, 3.05) is 7.11 Å². The van der Waals surface area contributed by atoms with Gasteiger partial charge in [0, 0.05) is 33.4 Å². The number of carbonyl (C=O) groups excluding carboxylic acids is 1. The van der Waals surface area contributed by atoms with Crippen molar-refractivity contribution in [3.05, 3.63) is 89.1 Å². The fraction of sp³-hybridized carbons (Fsp3) is 0.0870. The number of carbonyl (C=O) groups is 1. The van der Waals surface area contributed by atoms with Crippen LogP contribution in [0.2, 0.25) is 5.02 Å². The lowest BCUT2D eigenvalue weighted by atomic mass is 10.0. The van der Waals surface area contributed by atoms with Crippen LogP contribution >= 0.6 is 11.6 Å². The van der Waals surface area contributed by atoms with Crippen molar-refractivity contribution in [2.24, 2.45) is 0 Å². The maximum absolute atomic E-state index is 12.0. The first kappa shape index (κ1) is 17.4. The molecule has 1 aromatic heterocycles. The lowest BCUT2D eigenvalue weighted by Gasteiger charge is -2.07. The van der Waals surface area contributed by atoms with Gasteiger partial charge in [0.05, 0.1) is 18.2 Å². The van der Waals surface area contributed by atoms with Crippen molar-refractivity contribution in [1.29, 1.82) is 0 Å². The minimum Gasteiger partial charge on any atom is -0.465 e. The molecule has 0 bridgehead atoms. The van der Waals surface area contributed by atoms with Gasteiger partial charge in [-0.05, 0) is 37.3 Å². The van der Waals surface area contributed by atoms with E-state index < -0.39 is 0 Å². The zero-order chi connectivity index (χ0) is 19.0. The second-order valence-corrected chi connectivity index (χ2v) is 6.86. The van der Waals surface area contributed by atoms with E-state index in [4.69, 9.17) is 16.3 Å². The Morgan fingerprint density at radius 2 is 1.70 bits per heavy atom. The summed E-state index contributed by atoms with van der Waals surface area (Å²) in [6, 6.07) is 21.6. The fourth-order valence-electron chi connectivity index (χ4n) is 3.28. The highest BCUT2D eigenvalue weighted by atomic mass is 35.5. The molecule has 0 atom stereocenters. The number of methoxy groups -OCH3 is 1. The Bertz CT molecular complexity index is 1140. The van der Waals surface area contributed by atoms with Crippen LogP contribution in [0.15, 0.2) is 72.9 Å². The quantitative estimate of drug-likeness (QED) is 0.408. The van der Waals surface area contributed by atoms with Crippen LogP contribution in [0.3, 0.4) is 0 Å². The number of rotatable bonds is 3. The van der Waals surface area contributed by atoms with E-state index in [-0.39, 0.29) is 5.97 Å². The van der Waals surface area contributed by atoms with Gasteiger partial charge in [-0.3, -0.25) is 0 Å². The standard InChI is InChI=1S/C23H18ClNO2/c1-15-7-10-17(11-8-15)25-14-20(18-5-3-4-6-21(18)24)19-12-9-16(13-22(19)25)23(26)27-2/h3-14H,1-2H3. The molecule has 27 heavy (non-hydrogen) atoms. The van der Waals surface area contributed by atoms with E-state index in [9.17, 15) is 4.79 Å². The highest BCUT2D eigenvalue weighted by Gasteiger charge is 2.16. The van der Waals surface area contributed by atoms with Gasteiger partial charge in [0.25, 0.3) is 0 Å². The Morgan fingerprint density at radius 1 is 0.963 bits per heavy atom. The SMILES string of the molecule is COC(=O)c1ccc2c(-c3ccccc3Cl)cn(-c3ccc(C)cc3)c2c1. The van der Waals surface area contributed by atoms with E-state index >= 15 is 0 Å². The van der Waals surface area contributed by atoms with Crippen molar-refractivity contribution in [3.63, 3.8) is 0 Å². The van der Waals surface area contributed by atoms with Crippen molar-refractivity contribution in [2.45, 2.75) is 6.92 Å². The number of ether oxygens (including phenoxy) is 1. The number of aryl methyl sites for hydroxylation is 1. The Morgan fingerprint density at radius 3 is 2.41 bits per heavy atom. The topological polar surface area (TPSA) is 31.2 Å². The molecule has 0 spiro atoms. The van der Waals surface area contributed by atoms with Gasteiger partial charge in [0.1, 0.15) is 0 Å². The molecule has 3 aromatic carbocycles. The van der Waals surface area contributed by atoms with Gasteiger partial charge < -0.3 is 9.30 Å². The molecule has 134 valence electrons. The average molecular weight is 376 g/mol. The first-order valence-corrected chi connectivity index (χ1v) is 9.01. The molecule has 0 radical (unpaired) electrons. The van der Waals surface area contributed by atoms with Gasteiger partial charge in [0.2, 0.25) is 0 Å². The third kappa shape index (κ3) is 3.11. The molecule has 1 heterocycles. The minimum atomic E-state index is -0.354. The number of esters is 1. The summed E-state index contributed by atoms with van der Waals surface area (Å²) in [6.45, 7) is 2.06.